The number of benzene rings is 2. The van der Waals surface area contributed by atoms with Crippen LogP contribution in [-0.4, -0.2) is 18.2 Å². The number of hydrogen-bond acceptors (Lipinski definition) is 4. The lowest BCUT2D eigenvalue weighted by Gasteiger charge is -2.04. The van der Waals surface area contributed by atoms with Crippen LogP contribution in [0, 0.1) is 0 Å². The van der Waals surface area contributed by atoms with Crippen LogP contribution in [0.1, 0.15) is 19.2 Å². The van der Waals surface area contributed by atoms with Crippen LogP contribution in [-0.2, 0) is 16.7 Å². The second kappa shape index (κ2) is 7.72. The van der Waals surface area contributed by atoms with Crippen LogP contribution in [0.3, 0.4) is 0 Å². The molecule has 26 heavy (non-hydrogen) atoms. The minimum Gasteiger partial charge on any atom is -0.398 e. The van der Waals surface area contributed by atoms with Gasteiger partial charge in [0.2, 0.25) is 5.58 Å². The van der Waals surface area contributed by atoms with Gasteiger partial charge in [0, 0.05) is 24.4 Å². The minimum absolute atomic E-state index is 0.278. The van der Waals surface area contributed by atoms with Crippen molar-refractivity contribution in [3.05, 3.63) is 66.7 Å². The van der Waals surface area contributed by atoms with Crippen molar-refractivity contribution in [2.24, 2.45) is 0 Å². The minimum atomic E-state index is -4.05. The molecule has 0 saturated heterocycles. The predicted molar refractivity (Wildman–Crippen MR) is 101 cm³/mol. The van der Waals surface area contributed by atoms with E-state index in [1.807, 2.05) is 59.2 Å². The molecule has 0 bridgehead atoms. The van der Waals surface area contributed by atoms with Gasteiger partial charge in [-0.3, -0.25) is 4.55 Å². The van der Waals surface area contributed by atoms with Crippen molar-refractivity contribution in [3.8, 4) is 0 Å². The van der Waals surface area contributed by atoms with Gasteiger partial charge in [-0.15, -0.1) is 0 Å². The molecule has 0 radical (unpaired) electrons. The molecule has 1 heterocycles. The number of fused-ring (bicyclic) bond motifs is 1. The first-order valence-corrected chi connectivity index (χ1v) is 9.81. The number of hydrogen-bond donors (Lipinski definition) is 2. The van der Waals surface area contributed by atoms with Gasteiger partial charge in [-0.25, -0.2) is 0 Å². The molecule has 1 aromatic heterocycles. The molecule has 1 unspecified atom stereocenters. The highest BCUT2D eigenvalue weighted by atomic mass is 32.2. The smallest absolute Gasteiger partial charge is 0.375 e. The van der Waals surface area contributed by atoms with Crippen LogP contribution in [0.5, 0.6) is 0 Å². The Balaban J connectivity index is 1.84. The summed E-state index contributed by atoms with van der Waals surface area (Å²) in [7, 11) is -4.05. The zero-order valence-electron chi connectivity index (χ0n) is 14.4. The van der Waals surface area contributed by atoms with Crippen molar-refractivity contribution >= 4 is 33.0 Å². The summed E-state index contributed by atoms with van der Waals surface area (Å²) in [6.07, 6.45) is 3.85. The Labute approximate surface area is 152 Å². The maximum atomic E-state index is 11.3. The Bertz CT molecular complexity index is 1010. The van der Waals surface area contributed by atoms with Gasteiger partial charge in [-0.05, 0) is 25.1 Å². The van der Waals surface area contributed by atoms with E-state index in [-0.39, 0.29) is 6.42 Å². The quantitative estimate of drug-likeness (QED) is 0.489. The molecule has 136 valence electrons. The van der Waals surface area contributed by atoms with Gasteiger partial charge in [-0.2, -0.15) is 13.0 Å². The lowest BCUT2D eigenvalue weighted by Crippen LogP contribution is -2.37. The van der Waals surface area contributed by atoms with Crippen LogP contribution >= 0.6 is 0 Å². The summed E-state index contributed by atoms with van der Waals surface area (Å²) in [5.41, 5.74) is 2.53. The Hall–Kier alpha value is -2.64. The molecule has 1 atom stereocenters. The summed E-state index contributed by atoms with van der Waals surface area (Å²) in [5.74, 6) is 0.595. The second-order valence-electron chi connectivity index (χ2n) is 6.02. The highest BCUT2D eigenvalue weighted by Gasteiger charge is 2.24. The van der Waals surface area contributed by atoms with E-state index in [4.69, 9.17) is 4.42 Å². The lowest BCUT2D eigenvalue weighted by molar-refractivity contribution is -0.678. The van der Waals surface area contributed by atoms with Gasteiger partial charge in [0.05, 0.1) is 11.3 Å². The van der Waals surface area contributed by atoms with Crippen LogP contribution in [0.4, 0.5) is 5.69 Å². The highest BCUT2D eigenvalue weighted by molar-refractivity contribution is 7.86. The molecule has 2 N–H and O–H groups in total. The van der Waals surface area contributed by atoms with Gasteiger partial charge in [-0.1, -0.05) is 30.3 Å². The summed E-state index contributed by atoms with van der Waals surface area (Å²) in [6, 6.07) is 17.3. The number of anilines is 1. The van der Waals surface area contributed by atoms with Crippen LogP contribution in [0.15, 0.2) is 65.2 Å². The molecule has 3 aromatic rings. The van der Waals surface area contributed by atoms with Crippen LogP contribution < -0.4 is 9.88 Å². The van der Waals surface area contributed by atoms with E-state index in [1.54, 1.807) is 12.3 Å². The zero-order valence-corrected chi connectivity index (χ0v) is 15.2. The molecule has 0 aliphatic rings. The molecule has 0 saturated carbocycles. The van der Waals surface area contributed by atoms with Gasteiger partial charge in [0.25, 0.3) is 15.6 Å². The van der Waals surface area contributed by atoms with Crippen LogP contribution in [0.2, 0.25) is 0 Å². The maximum absolute atomic E-state index is 11.3. The molecule has 0 spiro atoms. The van der Waals surface area contributed by atoms with Crippen molar-refractivity contribution in [3.63, 3.8) is 0 Å². The third kappa shape index (κ3) is 4.30. The summed E-state index contributed by atoms with van der Waals surface area (Å²) >= 11 is 0. The number of rotatable bonds is 7. The number of nitrogens with zero attached hydrogens (tertiary/aromatic N) is 1. The first-order chi connectivity index (χ1) is 12.4. The Kier molecular flexibility index (Phi) is 5.39. The lowest BCUT2D eigenvalue weighted by atomic mass is 10.3. The fourth-order valence-corrected chi connectivity index (χ4v) is 3.01. The standard InChI is InChI=1S/C19H20N2O4S/c1-15(26(22,23)24)12-14-21-17-9-5-6-10-18(17)25-19(21)11-13-20-16-7-3-2-4-8-16/h2-11,13,15H,12,14H2,1H3,(H,22,23,24)/p+1. The maximum Gasteiger partial charge on any atom is 0.375 e. The van der Waals surface area contributed by atoms with E-state index < -0.39 is 15.4 Å². The summed E-state index contributed by atoms with van der Waals surface area (Å²) < 4.78 is 39.5. The molecule has 6 nitrogen and oxygen atoms in total. The Morgan fingerprint density at radius 3 is 2.58 bits per heavy atom. The topological polar surface area (TPSA) is 83.4 Å². The summed E-state index contributed by atoms with van der Waals surface area (Å²) in [4.78, 5) is 0. The SMILES string of the molecule is CC(CC[n+]1c(/C=C/Nc2ccccc2)oc2ccccc21)S(=O)(=O)O. The molecule has 3 rings (SSSR count). The highest BCUT2D eigenvalue weighted by Crippen LogP contribution is 2.16. The Morgan fingerprint density at radius 2 is 1.85 bits per heavy atom. The van der Waals surface area contributed by atoms with Gasteiger partial charge < -0.3 is 9.73 Å². The van der Waals surface area contributed by atoms with E-state index in [0.29, 0.717) is 18.0 Å². The number of aromatic nitrogens is 1. The number of aryl methyl sites for hydroxylation is 1. The Morgan fingerprint density at radius 1 is 1.15 bits per heavy atom. The fraction of sp³-hybridized carbons (Fsp3) is 0.211. The summed E-state index contributed by atoms with van der Waals surface area (Å²) in [5, 5.41) is 2.32. The largest absolute Gasteiger partial charge is 0.398 e. The number of oxazole rings is 1. The van der Waals surface area contributed by atoms with Crippen molar-refractivity contribution < 1.29 is 22.0 Å². The van der Waals surface area contributed by atoms with Crippen LogP contribution in [0.25, 0.3) is 17.2 Å². The molecule has 7 heteroatoms. The molecular formula is C19H21N2O4S+. The molecule has 2 aromatic carbocycles. The normalized spacial score (nSPS) is 13.3. The monoisotopic (exact) mass is 373 g/mol. The van der Waals surface area contributed by atoms with Crippen molar-refractivity contribution in [1.82, 2.24) is 0 Å². The first kappa shape index (κ1) is 18.2. The predicted octanol–water partition coefficient (Wildman–Crippen LogP) is 3.47. The first-order valence-electron chi connectivity index (χ1n) is 8.31. The average Bonchev–Trinajstić information content (AvgIpc) is 2.97. The van der Waals surface area contributed by atoms with E-state index in [9.17, 15) is 13.0 Å². The third-order valence-electron chi connectivity index (χ3n) is 4.15. The third-order valence-corrected chi connectivity index (χ3v) is 5.41. The second-order valence-corrected chi connectivity index (χ2v) is 7.85. The number of nitrogens with one attached hydrogen (secondary N) is 1. The van der Waals surface area contributed by atoms with Gasteiger partial charge in [0.15, 0.2) is 6.54 Å². The van der Waals surface area contributed by atoms with Gasteiger partial charge in [0.1, 0.15) is 0 Å². The zero-order chi connectivity index (χ0) is 18.6. The number of para-hydroxylation sites is 3. The summed E-state index contributed by atoms with van der Waals surface area (Å²) in [6.45, 7) is 1.90. The van der Waals surface area contributed by atoms with Crippen molar-refractivity contribution in [2.45, 2.75) is 25.1 Å². The average molecular weight is 373 g/mol. The molecular weight excluding hydrogens is 352 g/mol. The molecule has 0 fully saturated rings. The van der Waals surface area contributed by atoms with E-state index in [0.717, 1.165) is 11.2 Å². The van der Waals surface area contributed by atoms with E-state index in [2.05, 4.69) is 5.32 Å². The molecule has 0 aliphatic heterocycles. The molecule has 0 aliphatic carbocycles. The van der Waals surface area contributed by atoms with E-state index in [1.165, 1.54) is 6.92 Å². The van der Waals surface area contributed by atoms with Gasteiger partial charge >= 0.3 is 5.89 Å². The molecule has 0 amide bonds. The van der Waals surface area contributed by atoms with Crippen molar-refractivity contribution in [2.75, 3.05) is 5.32 Å². The van der Waals surface area contributed by atoms with Crippen molar-refractivity contribution in [1.29, 1.82) is 0 Å². The van der Waals surface area contributed by atoms with E-state index >= 15 is 0 Å². The fourth-order valence-electron chi connectivity index (χ4n) is 2.61.